The highest BCUT2D eigenvalue weighted by atomic mass is 16.6. The summed E-state index contributed by atoms with van der Waals surface area (Å²) in [5, 5.41) is 14.3. The number of ether oxygens (including phenoxy) is 1. The Morgan fingerprint density at radius 3 is 2.41 bits per heavy atom. The molecule has 0 aromatic heterocycles. The summed E-state index contributed by atoms with van der Waals surface area (Å²) in [7, 11) is 3.87. The first-order valence-electron chi connectivity index (χ1n) is 8.65. The molecule has 1 heterocycles. The standard InChI is InChI=1S/C19H22N4O4/c1-21(2)16-6-4-15(5-7-16)20-19(24)14-3-8-17(18(13-14)23(25)26)22-9-11-27-12-10-22/h3-8,13H,9-12H2,1-2H3,(H,20,24). The van der Waals surface area contributed by atoms with Gasteiger partial charge in [-0.05, 0) is 36.4 Å². The molecule has 1 fully saturated rings. The number of rotatable bonds is 5. The van der Waals surface area contributed by atoms with Gasteiger partial charge in [-0.25, -0.2) is 0 Å². The lowest BCUT2D eigenvalue weighted by atomic mass is 10.1. The number of amides is 1. The van der Waals surface area contributed by atoms with Crippen molar-refractivity contribution in [1.82, 2.24) is 0 Å². The number of carbonyl (C=O) groups is 1. The molecule has 0 aliphatic carbocycles. The molecule has 1 N–H and O–H groups in total. The highest BCUT2D eigenvalue weighted by molar-refractivity contribution is 6.05. The van der Waals surface area contributed by atoms with Crippen molar-refractivity contribution in [2.75, 3.05) is 55.5 Å². The lowest BCUT2D eigenvalue weighted by molar-refractivity contribution is -0.384. The quantitative estimate of drug-likeness (QED) is 0.643. The fraction of sp³-hybridized carbons (Fsp3) is 0.316. The Hall–Kier alpha value is -3.13. The van der Waals surface area contributed by atoms with Crippen LogP contribution in [0.4, 0.5) is 22.7 Å². The monoisotopic (exact) mass is 370 g/mol. The smallest absolute Gasteiger partial charge is 0.293 e. The van der Waals surface area contributed by atoms with Crippen molar-refractivity contribution in [2.24, 2.45) is 0 Å². The van der Waals surface area contributed by atoms with Crippen molar-refractivity contribution in [3.05, 3.63) is 58.1 Å². The molecule has 2 aromatic rings. The minimum atomic E-state index is -0.451. The van der Waals surface area contributed by atoms with Crippen LogP contribution in [-0.4, -0.2) is 51.2 Å². The molecule has 1 amide bonds. The first-order chi connectivity index (χ1) is 13.0. The largest absolute Gasteiger partial charge is 0.378 e. The van der Waals surface area contributed by atoms with Gasteiger partial charge in [0, 0.05) is 50.2 Å². The zero-order valence-electron chi connectivity index (χ0n) is 15.3. The zero-order valence-corrected chi connectivity index (χ0v) is 15.3. The average Bonchev–Trinajstić information content (AvgIpc) is 2.68. The zero-order chi connectivity index (χ0) is 19.4. The van der Waals surface area contributed by atoms with Crippen molar-refractivity contribution in [1.29, 1.82) is 0 Å². The number of morpholine rings is 1. The third kappa shape index (κ3) is 4.35. The minimum Gasteiger partial charge on any atom is -0.378 e. The van der Waals surface area contributed by atoms with Crippen LogP contribution in [0, 0.1) is 10.1 Å². The molecule has 8 heteroatoms. The van der Waals surface area contributed by atoms with Crippen LogP contribution in [0.2, 0.25) is 0 Å². The van der Waals surface area contributed by atoms with Crippen LogP contribution in [0.3, 0.4) is 0 Å². The third-order valence-corrected chi connectivity index (χ3v) is 4.43. The number of hydrogen-bond acceptors (Lipinski definition) is 6. The maximum Gasteiger partial charge on any atom is 0.293 e. The Kier molecular flexibility index (Phi) is 5.56. The van der Waals surface area contributed by atoms with E-state index in [2.05, 4.69) is 5.32 Å². The van der Waals surface area contributed by atoms with Gasteiger partial charge < -0.3 is 19.9 Å². The first-order valence-corrected chi connectivity index (χ1v) is 8.65. The maximum absolute atomic E-state index is 12.5. The van der Waals surface area contributed by atoms with E-state index in [9.17, 15) is 14.9 Å². The summed E-state index contributed by atoms with van der Waals surface area (Å²) in [5.74, 6) is -0.385. The molecule has 8 nitrogen and oxygen atoms in total. The second kappa shape index (κ2) is 8.05. The van der Waals surface area contributed by atoms with Crippen molar-refractivity contribution >= 4 is 28.7 Å². The highest BCUT2D eigenvalue weighted by Crippen LogP contribution is 2.30. The topological polar surface area (TPSA) is 88.0 Å². The molecule has 0 spiro atoms. The van der Waals surface area contributed by atoms with Gasteiger partial charge in [-0.3, -0.25) is 14.9 Å². The van der Waals surface area contributed by atoms with Gasteiger partial charge in [0.05, 0.1) is 18.1 Å². The van der Waals surface area contributed by atoms with E-state index in [1.54, 1.807) is 24.3 Å². The fourth-order valence-electron chi connectivity index (χ4n) is 2.93. The molecule has 1 aliphatic rings. The van der Waals surface area contributed by atoms with E-state index in [1.165, 1.54) is 6.07 Å². The van der Waals surface area contributed by atoms with Crippen LogP contribution in [-0.2, 0) is 4.74 Å². The fourth-order valence-corrected chi connectivity index (χ4v) is 2.93. The van der Waals surface area contributed by atoms with Crippen LogP contribution in [0.15, 0.2) is 42.5 Å². The number of nitro groups is 1. The lowest BCUT2D eigenvalue weighted by Crippen LogP contribution is -2.36. The lowest BCUT2D eigenvalue weighted by Gasteiger charge is -2.28. The van der Waals surface area contributed by atoms with Crippen molar-refractivity contribution < 1.29 is 14.5 Å². The normalized spacial score (nSPS) is 13.9. The average molecular weight is 370 g/mol. The predicted octanol–water partition coefficient (Wildman–Crippen LogP) is 2.75. The van der Waals surface area contributed by atoms with E-state index < -0.39 is 4.92 Å². The van der Waals surface area contributed by atoms with Crippen LogP contribution < -0.4 is 15.1 Å². The predicted molar refractivity (Wildman–Crippen MR) is 105 cm³/mol. The van der Waals surface area contributed by atoms with Crippen LogP contribution in [0.1, 0.15) is 10.4 Å². The van der Waals surface area contributed by atoms with Crippen LogP contribution in [0.25, 0.3) is 0 Å². The second-order valence-corrected chi connectivity index (χ2v) is 6.46. The van der Waals surface area contributed by atoms with Gasteiger partial charge in [0.25, 0.3) is 11.6 Å². The number of nitro benzene ring substituents is 1. The Labute approximate surface area is 157 Å². The van der Waals surface area contributed by atoms with Crippen molar-refractivity contribution in [2.45, 2.75) is 0 Å². The summed E-state index contributed by atoms with van der Waals surface area (Å²) in [5.41, 5.74) is 2.32. The SMILES string of the molecule is CN(C)c1ccc(NC(=O)c2ccc(N3CCOCC3)c([N+](=O)[O-])c2)cc1. The van der Waals surface area contributed by atoms with Crippen molar-refractivity contribution in [3.63, 3.8) is 0 Å². The van der Waals surface area contributed by atoms with Crippen molar-refractivity contribution in [3.8, 4) is 0 Å². The van der Waals surface area contributed by atoms with E-state index in [0.29, 0.717) is 37.7 Å². The van der Waals surface area contributed by atoms with E-state index >= 15 is 0 Å². The molecule has 0 saturated carbocycles. The van der Waals surface area contributed by atoms with Gasteiger partial charge in [0.15, 0.2) is 0 Å². The molecule has 1 aliphatic heterocycles. The number of nitrogens with zero attached hydrogens (tertiary/aromatic N) is 3. The Bertz CT molecular complexity index is 830. The third-order valence-electron chi connectivity index (χ3n) is 4.43. The van der Waals surface area contributed by atoms with E-state index in [0.717, 1.165) is 5.69 Å². The summed E-state index contributed by atoms with van der Waals surface area (Å²) < 4.78 is 5.29. The molecule has 2 aromatic carbocycles. The summed E-state index contributed by atoms with van der Waals surface area (Å²) in [6.07, 6.45) is 0. The molecular formula is C19H22N4O4. The molecule has 0 radical (unpaired) electrons. The van der Waals surface area contributed by atoms with Crippen LogP contribution in [0.5, 0.6) is 0 Å². The molecule has 1 saturated heterocycles. The Morgan fingerprint density at radius 2 is 1.81 bits per heavy atom. The van der Waals surface area contributed by atoms with Gasteiger partial charge >= 0.3 is 0 Å². The molecule has 0 bridgehead atoms. The van der Waals surface area contributed by atoms with E-state index in [1.807, 2.05) is 36.0 Å². The molecule has 27 heavy (non-hydrogen) atoms. The number of anilines is 3. The molecular weight excluding hydrogens is 348 g/mol. The summed E-state index contributed by atoms with van der Waals surface area (Å²) >= 11 is 0. The van der Waals surface area contributed by atoms with Gasteiger partial charge in [-0.15, -0.1) is 0 Å². The molecule has 3 rings (SSSR count). The number of benzene rings is 2. The van der Waals surface area contributed by atoms with Gasteiger partial charge in [0.1, 0.15) is 5.69 Å². The molecule has 0 unspecified atom stereocenters. The highest BCUT2D eigenvalue weighted by Gasteiger charge is 2.23. The number of nitrogens with one attached hydrogen (secondary N) is 1. The Balaban J connectivity index is 1.80. The summed E-state index contributed by atoms with van der Waals surface area (Å²) in [4.78, 5) is 27.4. The summed E-state index contributed by atoms with van der Waals surface area (Å²) in [6, 6.07) is 11.9. The van der Waals surface area contributed by atoms with Gasteiger partial charge in [-0.1, -0.05) is 0 Å². The van der Waals surface area contributed by atoms with E-state index in [-0.39, 0.29) is 17.2 Å². The van der Waals surface area contributed by atoms with Gasteiger partial charge in [0.2, 0.25) is 0 Å². The van der Waals surface area contributed by atoms with E-state index in [4.69, 9.17) is 4.74 Å². The van der Waals surface area contributed by atoms with Gasteiger partial charge in [-0.2, -0.15) is 0 Å². The number of carbonyl (C=O) groups excluding carboxylic acids is 1. The summed E-state index contributed by atoms with van der Waals surface area (Å²) in [6.45, 7) is 2.24. The molecule has 142 valence electrons. The number of hydrogen-bond donors (Lipinski definition) is 1. The van der Waals surface area contributed by atoms with Crippen LogP contribution >= 0.6 is 0 Å². The second-order valence-electron chi connectivity index (χ2n) is 6.46. The molecule has 0 atom stereocenters. The minimum absolute atomic E-state index is 0.0764. The first kappa shape index (κ1) is 18.7. The maximum atomic E-state index is 12.5. The Morgan fingerprint density at radius 1 is 1.15 bits per heavy atom.